The van der Waals surface area contributed by atoms with Gasteiger partial charge in [0.2, 0.25) is 0 Å². The molecule has 192 valence electrons. The number of carbonyl (C=O) groups excluding carboxylic acids is 2. The molecule has 4 heteroatoms. The Kier molecular flexibility index (Phi) is 12.8. The van der Waals surface area contributed by atoms with Gasteiger partial charge in [-0.05, 0) is 88.8 Å². The van der Waals surface area contributed by atoms with Crippen LogP contribution in [0.3, 0.4) is 0 Å². The van der Waals surface area contributed by atoms with Crippen LogP contribution in [0.4, 0.5) is 0 Å². The average molecular weight is 481 g/mol. The fraction of sp³-hybridized carbons (Fsp3) is 0.548. The molecule has 4 nitrogen and oxygen atoms in total. The third kappa shape index (κ3) is 9.60. The van der Waals surface area contributed by atoms with Gasteiger partial charge in [-0.2, -0.15) is 0 Å². The SMILES string of the molecule is CC.COC1CCC(c2ccc(C)cc2)CC1.Cc1ccc(OC(=O)C2CCC(C=O)CC2)cc1. The number of aldehydes is 1. The van der Waals surface area contributed by atoms with E-state index in [0.717, 1.165) is 43.5 Å². The minimum Gasteiger partial charge on any atom is -0.426 e. The number of ether oxygens (including phenoxy) is 2. The van der Waals surface area contributed by atoms with Crippen molar-refractivity contribution in [2.75, 3.05) is 7.11 Å². The number of esters is 1. The number of methoxy groups -OCH3 is 1. The second-order valence-corrected chi connectivity index (χ2v) is 9.60. The van der Waals surface area contributed by atoms with Gasteiger partial charge >= 0.3 is 5.97 Å². The van der Waals surface area contributed by atoms with E-state index in [0.29, 0.717) is 11.9 Å². The first-order valence-electron chi connectivity index (χ1n) is 13.3. The van der Waals surface area contributed by atoms with Crippen molar-refractivity contribution in [1.82, 2.24) is 0 Å². The molecular weight excluding hydrogens is 436 g/mol. The van der Waals surface area contributed by atoms with Gasteiger partial charge in [-0.1, -0.05) is 61.4 Å². The number of aryl methyl sites for hydroxylation is 2. The van der Waals surface area contributed by atoms with Gasteiger partial charge in [-0.25, -0.2) is 0 Å². The molecule has 0 unspecified atom stereocenters. The summed E-state index contributed by atoms with van der Waals surface area (Å²) in [5.41, 5.74) is 4.00. The van der Waals surface area contributed by atoms with E-state index in [1.807, 2.05) is 52.1 Å². The summed E-state index contributed by atoms with van der Waals surface area (Å²) < 4.78 is 10.7. The number of hydrogen-bond donors (Lipinski definition) is 0. The van der Waals surface area contributed by atoms with E-state index in [4.69, 9.17) is 9.47 Å². The maximum Gasteiger partial charge on any atom is 0.314 e. The molecule has 2 aromatic carbocycles. The Bertz CT molecular complexity index is 856. The van der Waals surface area contributed by atoms with Crippen molar-refractivity contribution < 1.29 is 19.1 Å². The van der Waals surface area contributed by atoms with Gasteiger partial charge in [0.15, 0.2) is 0 Å². The summed E-state index contributed by atoms with van der Waals surface area (Å²) in [7, 11) is 1.83. The highest BCUT2D eigenvalue weighted by atomic mass is 16.5. The van der Waals surface area contributed by atoms with E-state index in [1.165, 1.54) is 36.8 Å². The minimum absolute atomic E-state index is 0.0532. The summed E-state index contributed by atoms with van der Waals surface area (Å²) in [4.78, 5) is 22.6. The third-order valence-corrected chi connectivity index (χ3v) is 7.09. The maximum absolute atomic E-state index is 11.9. The van der Waals surface area contributed by atoms with E-state index in [2.05, 4.69) is 31.2 Å². The smallest absolute Gasteiger partial charge is 0.314 e. The molecule has 0 saturated heterocycles. The fourth-order valence-corrected chi connectivity index (χ4v) is 4.77. The molecule has 0 radical (unpaired) electrons. The van der Waals surface area contributed by atoms with Gasteiger partial charge in [-0.3, -0.25) is 4.79 Å². The van der Waals surface area contributed by atoms with Gasteiger partial charge in [0, 0.05) is 13.0 Å². The number of rotatable bonds is 5. The van der Waals surface area contributed by atoms with E-state index < -0.39 is 0 Å². The maximum atomic E-state index is 11.9. The van der Waals surface area contributed by atoms with Crippen molar-refractivity contribution in [3.8, 4) is 5.75 Å². The number of hydrogen-bond acceptors (Lipinski definition) is 4. The third-order valence-electron chi connectivity index (χ3n) is 7.09. The Balaban J connectivity index is 0.000000234. The monoisotopic (exact) mass is 480 g/mol. The van der Waals surface area contributed by atoms with E-state index in [1.54, 1.807) is 0 Å². The van der Waals surface area contributed by atoms with Crippen LogP contribution in [0.2, 0.25) is 0 Å². The van der Waals surface area contributed by atoms with Gasteiger partial charge in [0.1, 0.15) is 12.0 Å². The van der Waals surface area contributed by atoms with Crippen LogP contribution in [0, 0.1) is 25.7 Å². The van der Waals surface area contributed by atoms with Crippen LogP contribution in [0.25, 0.3) is 0 Å². The molecular formula is C31H44O4. The van der Waals surface area contributed by atoms with Crippen LogP contribution < -0.4 is 4.74 Å². The van der Waals surface area contributed by atoms with Crippen molar-refractivity contribution in [2.45, 2.75) is 91.1 Å². The Hall–Kier alpha value is -2.46. The quantitative estimate of drug-likeness (QED) is 0.251. The normalized spacial score (nSPS) is 23.6. The van der Waals surface area contributed by atoms with Gasteiger partial charge in [0.25, 0.3) is 0 Å². The Labute approximate surface area is 212 Å². The first kappa shape index (κ1) is 28.8. The highest BCUT2D eigenvalue weighted by molar-refractivity contribution is 5.75. The topological polar surface area (TPSA) is 52.6 Å². The molecule has 0 spiro atoms. The Morgan fingerprint density at radius 2 is 1.29 bits per heavy atom. The van der Waals surface area contributed by atoms with E-state index >= 15 is 0 Å². The summed E-state index contributed by atoms with van der Waals surface area (Å²) in [6.07, 6.45) is 9.62. The first-order chi connectivity index (χ1) is 17.0. The zero-order valence-corrected chi connectivity index (χ0v) is 22.3. The van der Waals surface area contributed by atoms with Crippen LogP contribution in [0.5, 0.6) is 5.75 Å². The zero-order chi connectivity index (χ0) is 25.6. The second kappa shape index (κ2) is 15.5. The van der Waals surface area contributed by atoms with Crippen molar-refractivity contribution >= 4 is 12.3 Å². The lowest BCUT2D eigenvalue weighted by atomic mass is 9.82. The summed E-state index contributed by atoms with van der Waals surface area (Å²) >= 11 is 0. The van der Waals surface area contributed by atoms with Crippen molar-refractivity contribution in [2.24, 2.45) is 11.8 Å². The Morgan fingerprint density at radius 3 is 1.77 bits per heavy atom. The molecule has 0 N–H and O–H groups in total. The largest absolute Gasteiger partial charge is 0.426 e. The van der Waals surface area contributed by atoms with Crippen molar-refractivity contribution in [3.63, 3.8) is 0 Å². The number of benzene rings is 2. The molecule has 0 atom stereocenters. The van der Waals surface area contributed by atoms with Gasteiger partial charge in [-0.15, -0.1) is 0 Å². The highest BCUT2D eigenvalue weighted by Gasteiger charge is 2.27. The predicted molar refractivity (Wildman–Crippen MR) is 143 cm³/mol. The molecule has 0 bridgehead atoms. The molecule has 0 aliphatic heterocycles. The molecule has 2 aliphatic rings. The molecule has 2 aromatic rings. The van der Waals surface area contributed by atoms with Crippen molar-refractivity contribution in [3.05, 3.63) is 65.2 Å². The zero-order valence-electron chi connectivity index (χ0n) is 22.3. The van der Waals surface area contributed by atoms with Gasteiger partial charge < -0.3 is 14.3 Å². The molecule has 35 heavy (non-hydrogen) atoms. The average Bonchev–Trinajstić information content (AvgIpc) is 2.92. The lowest BCUT2D eigenvalue weighted by Gasteiger charge is -2.27. The van der Waals surface area contributed by atoms with E-state index in [9.17, 15) is 9.59 Å². The molecule has 2 fully saturated rings. The Morgan fingerprint density at radius 1 is 0.771 bits per heavy atom. The molecule has 4 rings (SSSR count). The van der Waals surface area contributed by atoms with Crippen molar-refractivity contribution in [1.29, 1.82) is 0 Å². The van der Waals surface area contributed by atoms with Crippen LogP contribution in [-0.2, 0) is 14.3 Å². The minimum atomic E-state index is -0.164. The molecule has 0 aromatic heterocycles. The fourth-order valence-electron chi connectivity index (χ4n) is 4.77. The summed E-state index contributed by atoms with van der Waals surface area (Å²) in [5.74, 6) is 1.28. The van der Waals surface area contributed by atoms with Crippen LogP contribution in [-0.4, -0.2) is 25.5 Å². The highest BCUT2D eigenvalue weighted by Crippen LogP contribution is 2.33. The molecule has 2 aliphatic carbocycles. The van der Waals surface area contributed by atoms with Crippen LogP contribution in [0.15, 0.2) is 48.5 Å². The summed E-state index contributed by atoms with van der Waals surface area (Å²) in [5, 5.41) is 0. The molecule has 2 saturated carbocycles. The lowest BCUT2D eigenvalue weighted by Crippen LogP contribution is -2.26. The standard InChI is InChI=1S/C15H18O3.C14H20O.C2H6/c1-11-2-8-14(9-3-11)18-15(17)13-6-4-12(10-16)5-7-13;1-11-3-5-12(6-4-11)13-7-9-14(15-2)10-8-13;1-2/h2-3,8-10,12-13H,4-7H2,1H3;3-6,13-14H,7-10H2,1-2H3;1-2H3. The summed E-state index contributed by atoms with van der Waals surface area (Å²) in [6.45, 7) is 8.14. The molecule has 0 heterocycles. The lowest BCUT2D eigenvalue weighted by molar-refractivity contribution is -0.140. The predicted octanol–water partition coefficient (Wildman–Crippen LogP) is 7.60. The summed E-state index contributed by atoms with van der Waals surface area (Å²) in [6, 6.07) is 16.5. The van der Waals surface area contributed by atoms with Crippen LogP contribution in [0.1, 0.15) is 87.8 Å². The van der Waals surface area contributed by atoms with Crippen LogP contribution >= 0.6 is 0 Å². The van der Waals surface area contributed by atoms with Gasteiger partial charge in [0.05, 0.1) is 12.0 Å². The molecule has 0 amide bonds. The first-order valence-corrected chi connectivity index (χ1v) is 13.3. The van der Waals surface area contributed by atoms with E-state index in [-0.39, 0.29) is 17.8 Å². The number of carbonyl (C=O) groups is 2. The second-order valence-electron chi connectivity index (χ2n) is 9.60.